The molecule has 0 bridgehead atoms. The lowest BCUT2D eigenvalue weighted by atomic mass is 10.4. The van der Waals surface area contributed by atoms with E-state index in [9.17, 15) is 20.4 Å². The Kier molecular flexibility index (Phi) is 38.2. The summed E-state index contributed by atoms with van der Waals surface area (Å²) in [5.41, 5.74) is 0. The van der Waals surface area contributed by atoms with E-state index in [4.69, 9.17) is 82.0 Å². The van der Waals surface area contributed by atoms with E-state index in [0.717, 1.165) is 0 Å². The van der Waals surface area contributed by atoms with Gasteiger partial charge in [0.25, 0.3) is 0 Å². The Morgan fingerprint density at radius 1 is 0.235 bits per heavy atom. The van der Waals surface area contributed by atoms with E-state index in [1.165, 1.54) is 0 Å². The van der Waals surface area contributed by atoms with E-state index in [1.54, 1.807) is 0 Å². The number of aliphatic hydroxyl groups excluding tert-OH is 8. The maximum atomic E-state index is 9.32. The van der Waals surface area contributed by atoms with Crippen LogP contribution in [0.25, 0.3) is 0 Å². The number of hydrogen-bond acceptors (Lipinski definition) is 21. The van der Waals surface area contributed by atoms with E-state index in [0.29, 0.717) is 0 Å². The third-order valence-corrected chi connectivity index (χ3v) is 5.83. The fourth-order valence-electron chi connectivity index (χ4n) is 3.67. The second-order valence-electron chi connectivity index (χ2n) is 10.00. The van der Waals surface area contributed by atoms with Crippen LogP contribution in [0.15, 0.2) is 0 Å². The Morgan fingerprint density at radius 2 is 0.510 bits per heavy atom. The van der Waals surface area contributed by atoms with Crippen LogP contribution in [-0.2, 0) is 61.6 Å². The van der Waals surface area contributed by atoms with E-state index in [1.807, 2.05) is 0 Å². The lowest BCUT2D eigenvalue weighted by Gasteiger charge is -2.27. The zero-order chi connectivity index (χ0) is 37.6. The molecular formula is C30H62O21. The molecule has 0 aliphatic carbocycles. The Labute approximate surface area is 298 Å². The van der Waals surface area contributed by atoms with Crippen molar-refractivity contribution in [3.63, 3.8) is 0 Å². The fourth-order valence-corrected chi connectivity index (χ4v) is 3.67. The summed E-state index contributed by atoms with van der Waals surface area (Å²) in [7, 11) is 0. The highest BCUT2D eigenvalue weighted by atomic mass is 16.8. The minimum absolute atomic E-state index is 0.0244. The summed E-state index contributed by atoms with van der Waals surface area (Å²) in [6, 6.07) is 0. The lowest BCUT2D eigenvalue weighted by Crippen LogP contribution is -2.37. The largest absolute Gasteiger partial charge is 0.394 e. The molecule has 0 amide bonds. The van der Waals surface area contributed by atoms with Gasteiger partial charge in [0, 0.05) is 0 Å². The van der Waals surface area contributed by atoms with Crippen molar-refractivity contribution in [2.75, 3.05) is 159 Å². The summed E-state index contributed by atoms with van der Waals surface area (Å²) in [6.45, 7) is -2.76. The van der Waals surface area contributed by atoms with E-state index < -0.39 is 37.4 Å². The molecule has 0 radical (unpaired) electrons. The van der Waals surface area contributed by atoms with Gasteiger partial charge in [0.15, 0.2) is 25.2 Å². The predicted molar refractivity (Wildman–Crippen MR) is 171 cm³/mol. The van der Waals surface area contributed by atoms with Gasteiger partial charge in [0.2, 0.25) is 0 Å². The first-order valence-corrected chi connectivity index (χ1v) is 16.8. The molecule has 6 atom stereocenters. The van der Waals surface area contributed by atoms with Crippen molar-refractivity contribution in [1.82, 2.24) is 0 Å². The molecule has 0 fully saturated rings. The quantitative estimate of drug-likeness (QED) is 0.0214. The molecule has 0 heterocycles. The summed E-state index contributed by atoms with van der Waals surface area (Å²) in [5.74, 6) is 0. The Morgan fingerprint density at radius 3 is 0.863 bits per heavy atom. The van der Waals surface area contributed by atoms with Crippen molar-refractivity contribution in [2.24, 2.45) is 0 Å². The zero-order valence-corrected chi connectivity index (χ0v) is 29.3. The first kappa shape index (κ1) is 50.2. The highest BCUT2D eigenvalue weighted by molar-refractivity contribution is 4.59. The average Bonchev–Trinajstić information content (AvgIpc) is 3.14. The molecule has 21 nitrogen and oxygen atoms in total. The number of aliphatic hydroxyl groups is 8. The molecule has 0 aliphatic rings. The van der Waals surface area contributed by atoms with Gasteiger partial charge in [-0.3, -0.25) is 0 Å². The summed E-state index contributed by atoms with van der Waals surface area (Å²) in [5, 5.41) is 73.2. The normalized spacial score (nSPS) is 15.5. The summed E-state index contributed by atoms with van der Waals surface area (Å²) in [4.78, 5) is 0. The molecule has 0 saturated heterocycles. The van der Waals surface area contributed by atoms with Gasteiger partial charge in [-0.15, -0.1) is 0 Å². The van der Waals surface area contributed by atoms with Crippen molar-refractivity contribution in [1.29, 1.82) is 0 Å². The topological polar surface area (TPSA) is 282 Å². The third-order valence-electron chi connectivity index (χ3n) is 5.83. The van der Waals surface area contributed by atoms with Crippen molar-refractivity contribution < 1.29 is 102 Å². The van der Waals surface area contributed by atoms with Gasteiger partial charge in [0.1, 0.15) is 32.0 Å². The van der Waals surface area contributed by atoms with Crippen molar-refractivity contribution in [2.45, 2.75) is 37.4 Å². The molecule has 21 heteroatoms. The molecule has 51 heavy (non-hydrogen) atoms. The number of rotatable bonds is 42. The molecule has 0 aromatic rings. The Balaban J connectivity index is 5.27. The summed E-state index contributed by atoms with van der Waals surface area (Å²) < 4.78 is 72.4. The van der Waals surface area contributed by atoms with Gasteiger partial charge in [-0.2, -0.15) is 0 Å². The van der Waals surface area contributed by atoms with Crippen molar-refractivity contribution in [3.8, 4) is 0 Å². The standard InChI is InChI=1S/C30H62O21/c31-1-9-39-17-25(42-11-3-33)19-41-21-27(44-13-5-35)49-23-29(46-15-7-37)51-24-30(47-16-8-38)50-22-28(45-14-6-36)48-20-26(43-12-4-34)18-40-10-2-32/h25-38H,1-24H2. The molecule has 308 valence electrons. The first-order valence-electron chi connectivity index (χ1n) is 16.8. The van der Waals surface area contributed by atoms with Gasteiger partial charge in [-0.1, -0.05) is 0 Å². The van der Waals surface area contributed by atoms with Gasteiger partial charge < -0.3 is 102 Å². The molecule has 0 rings (SSSR count). The maximum Gasteiger partial charge on any atom is 0.181 e. The van der Waals surface area contributed by atoms with E-state index >= 15 is 0 Å². The molecule has 8 N–H and O–H groups in total. The number of hydrogen-bond donors (Lipinski definition) is 8. The highest BCUT2D eigenvalue weighted by Crippen LogP contribution is 2.09. The van der Waals surface area contributed by atoms with Crippen LogP contribution in [0.2, 0.25) is 0 Å². The smallest absolute Gasteiger partial charge is 0.181 e. The molecule has 0 aromatic carbocycles. The van der Waals surface area contributed by atoms with Crippen LogP contribution in [-0.4, -0.2) is 237 Å². The summed E-state index contributed by atoms with van der Waals surface area (Å²) in [6.07, 6.45) is -5.32. The molecule has 6 unspecified atom stereocenters. The number of ether oxygens (including phenoxy) is 13. The van der Waals surface area contributed by atoms with Gasteiger partial charge in [0.05, 0.1) is 139 Å². The van der Waals surface area contributed by atoms with E-state index in [-0.39, 0.29) is 159 Å². The van der Waals surface area contributed by atoms with Crippen LogP contribution in [0.5, 0.6) is 0 Å². The molecule has 0 saturated carbocycles. The molecule has 0 spiro atoms. The monoisotopic (exact) mass is 758 g/mol. The minimum Gasteiger partial charge on any atom is -0.394 e. The lowest BCUT2D eigenvalue weighted by molar-refractivity contribution is -0.269. The Bertz CT molecular complexity index is 686. The third kappa shape index (κ3) is 31.2. The van der Waals surface area contributed by atoms with Crippen LogP contribution < -0.4 is 0 Å². The van der Waals surface area contributed by atoms with Crippen LogP contribution in [0.3, 0.4) is 0 Å². The fraction of sp³-hybridized carbons (Fsp3) is 1.00. The second-order valence-corrected chi connectivity index (χ2v) is 10.00. The molecular weight excluding hydrogens is 696 g/mol. The molecule has 0 aromatic heterocycles. The van der Waals surface area contributed by atoms with Crippen LogP contribution in [0.4, 0.5) is 0 Å². The first-order chi connectivity index (χ1) is 25.0. The van der Waals surface area contributed by atoms with E-state index in [2.05, 4.69) is 0 Å². The highest BCUT2D eigenvalue weighted by Gasteiger charge is 2.22. The van der Waals surface area contributed by atoms with Crippen molar-refractivity contribution in [3.05, 3.63) is 0 Å². The SMILES string of the molecule is OCCOCC(COCC(OCCO)OCC(OCCO)OCC(OCCO)OCC(OCCO)OCC(COCCO)OCCO)OCCO. The van der Waals surface area contributed by atoms with Crippen LogP contribution >= 0.6 is 0 Å². The maximum absolute atomic E-state index is 9.32. The van der Waals surface area contributed by atoms with Gasteiger partial charge >= 0.3 is 0 Å². The Hall–Kier alpha value is -0.840. The van der Waals surface area contributed by atoms with Crippen molar-refractivity contribution >= 4 is 0 Å². The van der Waals surface area contributed by atoms with Crippen LogP contribution in [0.1, 0.15) is 0 Å². The van der Waals surface area contributed by atoms with Gasteiger partial charge in [-0.05, 0) is 0 Å². The minimum atomic E-state index is -1.08. The second kappa shape index (κ2) is 38.9. The summed E-state index contributed by atoms with van der Waals surface area (Å²) >= 11 is 0. The van der Waals surface area contributed by atoms with Crippen LogP contribution in [0, 0.1) is 0 Å². The molecule has 0 aliphatic heterocycles. The van der Waals surface area contributed by atoms with Gasteiger partial charge in [-0.25, -0.2) is 0 Å². The zero-order valence-electron chi connectivity index (χ0n) is 29.3. The predicted octanol–water partition coefficient (Wildman–Crippen LogP) is -4.82. The average molecular weight is 759 g/mol.